The van der Waals surface area contributed by atoms with Crippen LogP contribution >= 0.6 is 0 Å². The lowest BCUT2D eigenvalue weighted by Gasteiger charge is -2.60. The summed E-state index contributed by atoms with van der Waals surface area (Å²) >= 11 is 0. The van der Waals surface area contributed by atoms with Gasteiger partial charge in [-0.1, -0.05) is 33.3 Å². The minimum atomic E-state index is -1.13. The van der Waals surface area contributed by atoms with Crippen LogP contribution in [0.25, 0.3) is 0 Å². The first kappa shape index (κ1) is 23.7. The summed E-state index contributed by atoms with van der Waals surface area (Å²) in [5, 5.41) is 9.71. The third-order valence-corrected chi connectivity index (χ3v) is 10.1. The maximum atomic E-state index is 13.2. The molecule has 0 heterocycles. The normalized spacial score (nSPS) is 46.4. The topological polar surface area (TPSA) is 80.7 Å². The molecule has 0 amide bonds. The summed E-state index contributed by atoms with van der Waals surface area (Å²) in [4.78, 5) is 38.1. The van der Waals surface area contributed by atoms with Crippen LogP contribution < -0.4 is 0 Å². The number of aliphatic hydroxyl groups excluding tert-OH is 1. The summed E-state index contributed by atoms with van der Waals surface area (Å²) in [6.07, 6.45) is 6.34. The van der Waals surface area contributed by atoms with E-state index in [1.807, 2.05) is 6.08 Å². The average molecular weight is 445 g/mol. The smallest absolute Gasteiger partial charge is 0.309 e. The second kappa shape index (κ2) is 7.78. The summed E-state index contributed by atoms with van der Waals surface area (Å²) in [5.41, 5.74) is -0.149. The number of carbonyl (C=O) groups is 3. The zero-order valence-corrected chi connectivity index (χ0v) is 20.6. The van der Waals surface area contributed by atoms with Crippen LogP contribution in [0.3, 0.4) is 0 Å². The number of Topliss-reactive ketones (excluding diaryl/α,β-unsaturated/α-hetero) is 1. The molecule has 5 heteroatoms. The van der Waals surface area contributed by atoms with E-state index in [2.05, 4.69) is 27.7 Å². The Morgan fingerprint density at radius 1 is 1.19 bits per heavy atom. The fraction of sp³-hybridized carbons (Fsp3) is 0.815. The highest BCUT2D eigenvalue weighted by Crippen LogP contribution is 2.70. The molecular weight excluding hydrogens is 404 g/mol. The van der Waals surface area contributed by atoms with E-state index in [9.17, 15) is 19.5 Å². The average Bonchev–Trinajstić information content (AvgIpc) is 2.91. The van der Waals surface area contributed by atoms with Gasteiger partial charge in [-0.3, -0.25) is 14.4 Å². The summed E-state index contributed by atoms with van der Waals surface area (Å²) in [5.74, 6) is 1.28. The highest BCUT2D eigenvalue weighted by molar-refractivity contribution is 5.92. The van der Waals surface area contributed by atoms with Gasteiger partial charge in [0.15, 0.2) is 17.2 Å². The molecule has 0 aromatic carbocycles. The van der Waals surface area contributed by atoms with Gasteiger partial charge in [-0.25, -0.2) is 0 Å². The quantitative estimate of drug-likeness (QED) is 0.638. The lowest BCUT2D eigenvalue weighted by molar-refractivity contribution is -0.196. The highest BCUT2D eigenvalue weighted by Gasteiger charge is 2.70. The standard InChI is InChI=1S/C27H40O5/c1-15-11-20-21(25(5)9-7-19(30)14-22(15)25)8-10-26(6)23(20)12-16(2)27(26,18(4)29)32-24(31)13-17(3)28/h14-17,20-21,23,28H,7-13H2,1-6H3/t15-,16-,17?,20+,21-,23-,25+,26-,27-/m0/s1. The van der Waals surface area contributed by atoms with Gasteiger partial charge in [0.25, 0.3) is 0 Å². The van der Waals surface area contributed by atoms with Crippen molar-refractivity contribution in [2.75, 3.05) is 0 Å². The van der Waals surface area contributed by atoms with Crippen molar-refractivity contribution in [3.63, 3.8) is 0 Å². The van der Waals surface area contributed by atoms with Crippen LogP contribution in [0.1, 0.15) is 86.5 Å². The van der Waals surface area contributed by atoms with Gasteiger partial charge in [0.05, 0.1) is 12.5 Å². The molecule has 32 heavy (non-hydrogen) atoms. The summed E-state index contributed by atoms with van der Waals surface area (Å²) in [6, 6.07) is 0. The molecule has 0 radical (unpaired) electrons. The Morgan fingerprint density at radius 3 is 2.50 bits per heavy atom. The fourth-order valence-electron chi connectivity index (χ4n) is 8.81. The molecular formula is C27H40O5. The Morgan fingerprint density at radius 2 is 1.88 bits per heavy atom. The molecule has 4 aliphatic rings. The fourth-order valence-corrected chi connectivity index (χ4v) is 8.81. The predicted molar refractivity (Wildman–Crippen MR) is 122 cm³/mol. The molecule has 178 valence electrons. The number of hydrogen-bond acceptors (Lipinski definition) is 5. The van der Waals surface area contributed by atoms with E-state index in [1.54, 1.807) is 13.8 Å². The molecule has 0 saturated heterocycles. The third kappa shape index (κ3) is 3.17. The van der Waals surface area contributed by atoms with Crippen molar-refractivity contribution in [1.82, 2.24) is 0 Å². The number of rotatable bonds is 4. The number of esters is 1. The van der Waals surface area contributed by atoms with Crippen LogP contribution in [0.15, 0.2) is 11.6 Å². The summed E-state index contributed by atoms with van der Waals surface area (Å²) < 4.78 is 6.10. The third-order valence-electron chi connectivity index (χ3n) is 10.1. The van der Waals surface area contributed by atoms with Gasteiger partial charge in [0.2, 0.25) is 0 Å². The van der Waals surface area contributed by atoms with Crippen LogP contribution in [-0.2, 0) is 19.1 Å². The van der Waals surface area contributed by atoms with Gasteiger partial charge in [0.1, 0.15) is 0 Å². The first-order chi connectivity index (χ1) is 14.9. The first-order valence-corrected chi connectivity index (χ1v) is 12.5. The molecule has 0 bridgehead atoms. The van der Waals surface area contributed by atoms with Gasteiger partial charge in [-0.05, 0) is 81.1 Å². The second-order valence-electron chi connectivity index (χ2n) is 11.9. The van der Waals surface area contributed by atoms with Gasteiger partial charge in [0, 0.05) is 17.8 Å². The van der Waals surface area contributed by atoms with Gasteiger partial charge in [-0.2, -0.15) is 0 Å². The monoisotopic (exact) mass is 444 g/mol. The molecule has 0 spiro atoms. The number of ether oxygens (including phenoxy) is 1. The molecule has 0 aromatic heterocycles. The van der Waals surface area contributed by atoms with Crippen LogP contribution in [-0.4, -0.2) is 34.3 Å². The molecule has 4 rings (SSSR count). The van der Waals surface area contributed by atoms with Gasteiger partial charge in [-0.15, -0.1) is 0 Å². The van der Waals surface area contributed by atoms with Crippen molar-refractivity contribution in [2.24, 2.45) is 40.4 Å². The number of fused-ring (bicyclic) bond motifs is 5. The Labute approximate surface area is 192 Å². The van der Waals surface area contributed by atoms with E-state index in [1.165, 1.54) is 5.57 Å². The van der Waals surface area contributed by atoms with E-state index >= 15 is 0 Å². The number of allylic oxidation sites excluding steroid dienone is 1. The molecule has 0 aliphatic heterocycles. The van der Waals surface area contributed by atoms with Crippen LogP contribution in [0.2, 0.25) is 0 Å². The molecule has 9 atom stereocenters. The predicted octanol–water partition coefficient (Wildman–Crippen LogP) is 4.65. The minimum absolute atomic E-state index is 0.0469. The number of ketones is 2. The lowest BCUT2D eigenvalue weighted by Crippen LogP contribution is -2.60. The van der Waals surface area contributed by atoms with Crippen molar-refractivity contribution in [3.8, 4) is 0 Å². The van der Waals surface area contributed by atoms with Crippen molar-refractivity contribution in [2.45, 2.75) is 98.2 Å². The van der Waals surface area contributed by atoms with Crippen molar-refractivity contribution < 1.29 is 24.2 Å². The number of carbonyl (C=O) groups excluding carboxylic acids is 3. The maximum absolute atomic E-state index is 13.2. The summed E-state index contributed by atoms with van der Waals surface area (Å²) in [6.45, 7) is 12.0. The van der Waals surface area contributed by atoms with Gasteiger partial charge >= 0.3 is 5.97 Å². The Kier molecular flexibility index (Phi) is 5.76. The molecule has 0 aromatic rings. The Bertz CT molecular complexity index is 858. The van der Waals surface area contributed by atoms with Crippen molar-refractivity contribution in [1.29, 1.82) is 0 Å². The summed E-state index contributed by atoms with van der Waals surface area (Å²) in [7, 11) is 0. The van der Waals surface area contributed by atoms with E-state index in [-0.39, 0.29) is 29.3 Å². The lowest BCUT2D eigenvalue weighted by atomic mass is 9.44. The molecule has 3 fully saturated rings. The molecule has 1 N–H and O–H groups in total. The maximum Gasteiger partial charge on any atom is 0.309 e. The Balaban J connectivity index is 1.72. The first-order valence-electron chi connectivity index (χ1n) is 12.5. The van der Waals surface area contributed by atoms with E-state index in [0.717, 1.165) is 32.1 Å². The van der Waals surface area contributed by atoms with E-state index in [0.29, 0.717) is 30.1 Å². The molecule has 5 nitrogen and oxygen atoms in total. The second-order valence-corrected chi connectivity index (χ2v) is 11.9. The molecule has 1 unspecified atom stereocenters. The van der Waals surface area contributed by atoms with Crippen molar-refractivity contribution >= 4 is 17.5 Å². The Hall–Kier alpha value is -1.49. The van der Waals surface area contributed by atoms with Gasteiger partial charge < -0.3 is 9.84 Å². The zero-order chi connectivity index (χ0) is 23.6. The van der Waals surface area contributed by atoms with E-state index < -0.39 is 23.1 Å². The number of hydrogen-bond donors (Lipinski definition) is 1. The van der Waals surface area contributed by atoms with Crippen LogP contribution in [0.4, 0.5) is 0 Å². The van der Waals surface area contributed by atoms with E-state index in [4.69, 9.17) is 4.74 Å². The minimum Gasteiger partial charge on any atom is -0.450 e. The van der Waals surface area contributed by atoms with Crippen molar-refractivity contribution in [3.05, 3.63) is 11.6 Å². The van der Waals surface area contributed by atoms with Crippen LogP contribution in [0, 0.1) is 40.4 Å². The molecule has 4 aliphatic carbocycles. The largest absolute Gasteiger partial charge is 0.450 e. The number of aliphatic hydroxyl groups is 1. The zero-order valence-electron chi connectivity index (χ0n) is 20.6. The highest BCUT2D eigenvalue weighted by atomic mass is 16.6. The van der Waals surface area contributed by atoms with Crippen LogP contribution in [0.5, 0.6) is 0 Å². The molecule has 3 saturated carbocycles. The SMILES string of the molecule is CC(=O)[C@@]1(OC(=O)CC(C)O)[C@@H](C)C[C@H]2[C@@H]3C[C@H](C)C4=CC(=O)CC[C@]4(C)[C@H]3CC[C@@]21C.